The Morgan fingerprint density at radius 2 is 1.94 bits per heavy atom. The molecule has 1 aliphatic heterocycles. The Labute approximate surface area is 183 Å². The molecule has 31 heavy (non-hydrogen) atoms. The molecule has 1 unspecified atom stereocenters. The van der Waals surface area contributed by atoms with Crippen molar-refractivity contribution < 1.29 is 23.6 Å². The van der Waals surface area contributed by atoms with Gasteiger partial charge in [-0.05, 0) is 44.1 Å². The number of nitrogens with one attached hydrogen (secondary N) is 1. The molecule has 0 bridgehead atoms. The van der Waals surface area contributed by atoms with E-state index >= 15 is 0 Å². The predicted octanol–water partition coefficient (Wildman–Crippen LogP) is 3.74. The third-order valence-corrected chi connectivity index (χ3v) is 5.51. The first-order valence-corrected chi connectivity index (χ1v) is 10.0. The number of carbonyl (C=O) groups is 2. The summed E-state index contributed by atoms with van der Waals surface area (Å²) in [5.74, 6) is -1.90. The van der Waals surface area contributed by atoms with Crippen LogP contribution in [0.5, 0.6) is 0 Å². The van der Waals surface area contributed by atoms with Crippen molar-refractivity contribution in [2.45, 2.75) is 18.9 Å². The second-order valence-electron chi connectivity index (χ2n) is 7.12. The smallest absolute Gasteiger partial charge is 0.338 e. The third-order valence-electron chi connectivity index (χ3n) is 5.18. The van der Waals surface area contributed by atoms with Crippen LogP contribution in [0.15, 0.2) is 36.4 Å². The second kappa shape index (κ2) is 9.84. The van der Waals surface area contributed by atoms with Gasteiger partial charge in [-0.1, -0.05) is 17.7 Å². The van der Waals surface area contributed by atoms with E-state index in [9.17, 15) is 24.1 Å². The van der Waals surface area contributed by atoms with Gasteiger partial charge in [0.15, 0.2) is 0 Å². The number of esters is 1. The molecule has 2 aromatic rings. The summed E-state index contributed by atoms with van der Waals surface area (Å²) in [6, 6.07) is 7.24. The van der Waals surface area contributed by atoms with Crippen LogP contribution in [0.1, 0.15) is 45.2 Å². The summed E-state index contributed by atoms with van der Waals surface area (Å²) in [7, 11) is 1.14. The minimum atomic E-state index is -0.800. The first-order chi connectivity index (χ1) is 14.8. The topological polar surface area (TPSA) is 102 Å². The highest BCUT2D eigenvalue weighted by Gasteiger charge is 2.28. The average Bonchev–Trinajstić information content (AvgIpc) is 3.29. The van der Waals surface area contributed by atoms with E-state index in [2.05, 4.69) is 10.1 Å². The Kier molecular flexibility index (Phi) is 7.19. The Balaban J connectivity index is 1.87. The van der Waals surface area contributed by atoms with E-state index in [1.807, 2.05) is 4.90 Å². The third kappa shape index (κ3) is 5.18. The van der Waals surface area contributed by atoms with E-state index in [0.717, 1.165) is 45.2 Å². The Hall–Kier alpha value is -3.04. The Bertz CT molecular complexity index is 990. The highest BCUT2D eigenvalue weighted by atomic mass is 35.5. The number of carbonyl (C=O) groups excluding carboxylic acids is 2. The molecule has 1 aliphatic rings. The summed E-state index contributed by atoms with van der Waals surface area (Å²) in [5, 5.41) is 14.2. The van der Waals surface area contributed by atoms with Gasteiger partial charge in [0.1, 0.15) is 5.82 Å². The lowest BCUT2D eigenvalue weighted by atomic mass is 10.0. The number of nitrogens with zero attached hydrogens (tertiary/aromatic N) is 2. The molecule has 0 aromatic heterocycles. The van der Waals surface area contributed by atoms with Crippen LogP contribution in [0.3, 0.4) is 0 Å². The lowest BCUT2D eigenvalue weighted by molar-refractivity contribution is -0.384. The van der Waals surface area contributed by atoms with Gasteiger partial charge in [0, 0.05) is 34.8 Å². The van der Waals surface area contributed by atoms with Gasteiger partial charge in [-0.3, -0.25) is 19.8 Å². The molecule has 0 radical (unpaired) electrons. The summed E-state index contributed by atoms with van der Waals surface area (Å²) in [4.78, 5) is 37.1. The fraction of sp³-hybridized carbons (Fsp3) is 0.333. The molecule has 0 aliphatic carbocycles. The fourth-order valence-corrected chi connectivity index (χ4v) is 3.96. The summed E-state index contributed by atoms with van der Waals surface area (Å²) in [6.07, 6.45) is 1.90. The molecule has 1 amide bonds. The number of likely N-dealkylation sites (tertiary alicyclic amines) is 1. The van der Waals surface area contributed by atoms with E-state index in [-0.39, 0.29) is 22.7 Å². The fourth-order valence-electron chi connectivity index (χ4n) is 3.67. The number of amides is 1. The van der Waals surface area contributed by atoms with Gasteiger partial charge in [0.05, 0.1) is 23.6 Å². The van der Waals surface area contributed by atoms with Crippen molar-refractivity contribution in [2.24, 2.45) is 0 Å². The highest BCUT2D eigenvalue weighted by Crippen LogP contribution is 2.32. The van der Waals surface area contributed by atoms with Crippen molar-refractivity contribution in [3.05, 3.63) is 74.0 Å². The number of methoxy groups -OCH3 is 1. The summed E-state index contributed by atoms with van der Waals surface area (Å²) >= 11 is 6.26. The number of rotatable bonds is 7. The Morgan fingerprint density at radius 1 is 1.26 bits per heavy atom. The normalized spacial score (nSPS) is 14.8. The number of nitro benzene ring substituents is 1. The maximum Gasteiger partial charge on any atom is 0.338 e. The number of hydrogen-bond donors (Lipinski definition) is 1. The van der Waals surface area contributed by atoms with Gasteiger partial charge in [-0.15, -0.1) is 0 Å². The van der Waals surface area contributed by atoms with Crippen LogP contribution in [-0.4, -0.2) is 48.4 Å². The zero-order valence-electron chi connectivity index (χ0n) is 16.8. The SMILES string of the molecule is COC(=O)c1cc(C(=O)NCC(c2c(F)cccc2Cl)N2CCCC2)cc([N+](=O)[O-])c1. The van der Waals surface area contributed by atoms with Crippen LogP contribution in [0.4, 0.5) is 10.1 Å². The van der Waals surface area contributed by atoms with Crippen LogP contribution in [-0.2, 0) is 4.74 Å². The van der Waals surface area contributed by atoms with E-state index < -0.39 is 34.3 Å². The summed E-state index contributed by atoms with van der Waals surface area (Å²) in [5.41, 5.74) is -0.313. The maximum absolute atomic E-state index is 14.6. The van der Waals surface area contributed by atoms with Crippen molar-refractivity contribution in [2.75, 3.05) is 26.7 Å². The molecule has 0 spiro atoms. The van der Waals surface area contributed by atoms with Crippen molar-refractivity contribution in [3.63, 3.8) is 0 Å². The maximum atomic E-state index is 14.6. The molecule has 164 valence electrons. The van der Waals surface area contributed by atoms with Gasteiger partial charge in [-0.25, -0.2) is 9.18 Å². The van der Waals surface area contributed by atoms with Crippen molar-refractivity contribution in [1.82, 2.24) is 10.2 Å². The number of non-ortho nitro benzene ring substituents is 1. The number of benzene rings is 2. The second-order valence-corrected chi connectivity index (χ2v) is 7.53. The zero-order valence-corrected chi connectivity index (χ0v) is 17.5. The zero-order chi connectivity index (χ0) is 22.5. The minimum absolute atomic E-state index is 0.0374. The van der Waals surface area contributed by atoms with Gasteiger partial charge >= 0.3 is 5.97 Å². The summed E-state index contributed by atoms with van der Waals surface area (Å²) in [6.45, 7) is 1.50. The number of hydrogen-bond acceptors (Lipinski definition) is 6. The van der Waals surface area contributed by atoms with Gasteiger partial charge in [0.25, 0.3) is 11.6 Å². The van der Waals surface area contributed by atoms with Crippen molar-refractivity contribution in [3.8, 4) is 0 Å². The molecule has 0 saturated carbocycles. The molecule has 1 saturated heterocycles. The lowest BCUT2D eigenvalue weighted by Crippen LogP contribution is -2.37. The van der Waals surface area contributed by atoms with Crippen LogP contribution < -0.4 is 5.32 Å². The molecule has 2 aromatic carbocycles. The lowest BCUT2D eigenvalue weighted by Gasteiger charge is -2.29. The van der Waals surface area contributed by atoms with E-state index in [4.69, 9.17) is 11.6 Å². The van der Waals surface area contributed by atoms with Crippen LogP contribution >= 0.6 is 11.6 Å². The molecule has 1 fully saturated rings. The van der Waals surface area contributed by atoms with Crippen LogP contribution in [0, 0.1) is 15.9 Å². The molecule has 1 heterocycles. The van der Waals surface area contributed by atoms with Crippen LogP contribution in [0.25, 0.3) is 0 Å². The monoisotopic (exact) mass is 449 g/mol. The molecule has 1 atom stereocenters. The molecular weight excluding hydrogens is 429 g/mol. The van der Waals surface area contributed by atoms with E-state index in [1.54, 1.807) is 6.07 Å². The van der Waals surface area contributed by atoms with Crippen molar-refractivity contribution in [1.29, 1.82) is 0 Å². The number of ether oxygens (including phenoxy) is 1. The molecule has 10 heteroatoms. The number of nitro groups is 1. The van der Waals surface area contributed by atoms with Gasteiger partial charge in [0.2, 0.25) is 0 Å². The van der Waals surface area contributed by atoms with Gasteiger partial charge in [-0.2, -0.15) is 0 Å². The molecule has 3 rings (SSSR count). The van der Waals surface area contributed by atoms with Gasteiger partial charge < -0.3 is 10.1 Å². The molecular formula is C21H21ClFN3O5. The van der Waals surface area contributed by atoms with E-state index in [0.29, 0.717) is 5.56 Å². The number of halogens is 2. The minimum Gasteiger partial charge on any atom is -0.465 e. The predicted molar refractivity (Wildman–Crippen MR) is 112 cm³/mol. The summed E-state index contributed by atoms with van der Waals surface area (Å²) < 4.78 is 19.2. The Morgan fingerprint density at radius 3 is 2.55 bits per heavy atom. The first-order valence-electron chi connectivity index (χ1n) is 9.65. The standard InChI is InChI=1S/C21H21ClFN3O5/c1-31-21(28)14-9-13(10-15(11-14)26(29)30)20(27)24-12-18(25-7-2-3-8-25)19-16(22)5-4-6-17(19)23/h4-6,9-11,18H,2-3,7-8,12H2,1H3,(H,24,27). The first kappa shape index (κ1) is 22.6. The van der Waals surface area contributed by atoms with E-state index in [1.165, 1.54) is 18.2 Å². The molecule has 8 nitrogen and oxygen atoms in total. The largest absolute Gasteiger partial charge is 0.465 e. The average molecular weight is 450 g/mol. The van der Waals surface area contributed by atoms with Crippen LogP contribution in [0.2, 0.25) is 5.02 Å². The molecule has 1 N–H and O–H groups in total. The highest BCUT2D eigenvalue weighted by molar-refractivity contribution is 6.31. The van der Waals surface area contributed by atoms with Crippen molar-refractivity contribution >= 4 is 29.2 Å². The quantitative estimate of drug-likeness (QED) is 0.392.